The summed E-state index contributed by atoms with van der Waals surface area (Å²) in [6, 6.07) is -2.94. The van der Waals surface area contributed by atoms with Gasteiger partial charge in [0.2, 0.25) is 23.6 Å². The number of hydrogen-bond donors (Lipinski definition) is 6. The minimum atomic E-state index is -1.08. The smallest absolute Gasteiger partial charge is 0.243 e. The molecular weight excluding hydrogens is 354 g/mol. The summed E-state index contributed by atoms with van der Waals surface area (Å²) in [5.74, 6) is -2.81. The van der Waals surface area contributed by atoms with Crippen molar-refractivity contribution >= 4 is 23.6 Å². The molecule has 9 N–H and O–H groups in total. The third kappa shape index (κ3) is 7.44. The largest absolute Gasteiger partial charge is 0.370 e. The number of amides is 4. The van der Waals surface area contributed by atoms with Gasteiger partial charge in [0.1, 0.15) is 12.1 Å². The Morgan fingerprint density at radius 1 is 1.15 bits per heavy atom. The van der Waals surface area contributed by atoms with Gasteiger partial charge in [-0.3, -0.25) is 19.2 Å². The van der Waals surface area contributed by atoms with Crippen LogP contribution in [0.5, 0.6) is 0 Å². The van der Waals surface area contributed by atoms with E-state index in [-0.39, 0.29) is 25.2 Å². The number of hydrogen-bond acceptors (Lipinski definition) is 6. The summed E-state index contributed by atoms with van der Waals surface area (Å²) < 4.78 is 0. The molecular formula is C16H27N7O4. The van der Waals surface area contributed by atoms with E-state index in [4.69, 9.17) is 17.2 Å². The first-order chi connectivity index (χ1) is 12.6. The van der Waals surface area contributed by atoms with Gasteiger partial charge in [0.15, 0.2) is 0 Å². The van der Waals surface area contributed by atoms with Crippen LogP contribution in [0.15, 0.2) is 12.5 Å². The molecule has 1 aromatic heterocycles. The number of imidazole rings is 1. The molecule has 0 saturated carbocycles. The molecule has 0 saturated heterocycles. The summed E-state index contributed by atoms with van der Waals surface area (Å²) in [6.45, 7) is 3.43. The molecule has 150 valence electrons. The van der Waals surface area contributed by atoms with Gasteiger partial charge in [0.25, 0.3) is 0 Å². The number of carbonyl (C=O) groups is 4. The van der Waals surface area contributed by atoms with E-state index in [1.807, 2.05) is 0 Å². The van der Waals surface area contributed by atoms with Crippen molar-refractivity contribution in [3.05, 3.63) is 18.2 Å². The van der Waals surface area contributed by atoms with Gasteiger partial charge in [-0.1, -0.05) is 13.8 Å². The van der Waals surface area contributed by atoms with Crippen molar-refractivity contribution in [1.29, 1.82) is 0 Å². The summed E-state index contributed by atoms with van der Waals surface area (Å²) in [5, 5.41) is 4.99. The van der Waals surface area contributed by atoms with Crippen LogP contribution in [0.2, 0.25) is 0 Å². The molecule has 27 heavy (non-hydrogen) atoms. The second kappa shape index (κ2) is 10.3. The fraction of sp³-hybridized carbons (Fsp3) is 0.562. The molecule has 0 bridgehead atoms. The van der Waals surface area contributed by atoms with Crippen LogP contribution < -0.4 is 27.8 Å². The number of aromatic nitrogens is 2. The van der Waals surface area contributed by atoms with Gasteiger partial charge >= 0.3 is 0 Å². The summed E-state index contributed by atoms with van der Waals surface area (Å²) in [6.07, 6.45) is 3.01. The fourth-order valence-corrected chi connectivity index (χ4v) is 2.38. The first-order valence-electron chi connectivity index (χ1n) is 8.53. The fourth-order valence-electron chi connectivity index (χ4n) is 2.38. The highest BCUT2D eigenvalue weighted by atomic mass is 16.2. The summed E-state index contributed by atoms with van der Waals surface area (Å²) in [5.41, 5.74) is 16.9. The molecule has 0 aliphatic rings. The molecule has 0 aliphatic heterocycles. The SMILES string of the molecule is CC(C)[C@H](NC(=O)[C@H](CCC(N)=O)NC(=O)[C@@H](N)Cc1cnc[nH]1)C(N)=O. The molecule has 3 atom stereocenters. The first-order valence-corrected chi connectivity index (χ1v) is 8.53. The predicted octanol–water partition coefficient (Wildman–Crippen LogP) is -2.34. The van der Waals surface area contributed by atoms with E-state index in [1.165, 1.54) is 12.5 Å². The maximum atomic E-state index is 12.5. The number of H-pyrrole nitrogens is 1. The van der Waals surface area contributed by atoms with Crippen LogP contribution in [0, 0.1) is 5.92 Å². The normalized spacial score (nSPS) is 14.2. The Bertz CT molecular complexity index is 660. The molecule has 0 aromatic carbocycles. The van der Waals surface area contributed by atoms with Crippen LogP contribution in [-0.2, 0) is 25.6 Å². The first kappa shape index (κ1) is 22.1. The van der Waals surface area contributed by atoms with Crippen LogP contribution in [0.25, 0.3) is 0 Å². The minimum Gasteiger partial charge on any atom is -0.370 e. The minimum absolute atomic E-state index is 0.0345. The number of rotatable bonds is 11. The van der Waals surface area contributed by atoms with Crippen molar-refractivity contribution in [2.45, 2.75) is 51.2 Å². The Kier molecular flexibility index (Phi) is 8.39. The Balaban J connectivity index is 2.79. The number of nitrogens with two attached hydrogens (primary N) is 3. The highest BCUT2D eigenvalue weighted by Gasteiger charge is 2.29. The molecule has 11 heteroatoms. The lowest BCUT2D eigenvalue weighted by Gasteiger charge is -2.24. The van der Waals surface area contributed by atoms with Gasteiger partial charge < -0.3 is 32.8 Å². The van der Waals surface area contributed by atoms with Crippen molar-refractivity contribution in [2.24, 2.45) is 23.1 Å². The van der Waals surface area contributed by atoms with Crippen molar-refractivity contribution in [3.8, 4) is 0 Å². The zero-order valence-corrected chi connectivity index (χ0v) is 15.4. The maximum Gasteiger partial charge on any atom is 0.243 e. The number of carbonyl (C=O) groups excluding carboxylic acids is 4. The molecule has 1 heterocycles. The van der Waals surface area contributed by atoms with E-state index in [0.29, 0.717) is 5.69 Å². The van der Waals surface area contributed by atoms with E-state index in [0.717, 1.165) is 0 Å². The van der Waals surface area contributed by atoms with Crippen LogP contribution in [-0.4, -0.2) is 51.7 Å². The number of aromatic amines is 1. The van der Waals surface area contributed by atoms with Gasteiger partial charge in [-0.2, -0.15) is 0 Å². The van der Waals surface area contributed by atoms with Crippen LogP contribution in [0.1, 0.15) is 32.4 Å². The highest BCUT2D eigenvalue weighted by molar-refractivity contribution is 5.93. The van der Waals surface area contributed by atoms with E-state index in [2.05, 4.69) is 20.6 Å². The topological polar surface area (TPSA) is 199 Å². The molecule has 0 fully saturated rings. The average molecular weight is 381 g/mol. The zero-order valence-electron chi connectivity index (χ0n) is 15.4. The maximum absolute atomic E-state index is 12.5. The molecule has 1 aromatic rings. The molecule has 1 rings (SSSR count). The van der Waals surface area contributed by atoms with Crippen molar-refractivity contribution < 1.29 is 19.2 Å². The van der Waals surface area contributed by atoms with Gasteiger partial charge in [-0.15, -0.1) is 0 Å². The quantitative estimate of drug-likeness (QED) is 0.248. The molecule has 4 amide bonds. The summed E-state index contributed by atoms with van der Waals surface area (Å²) in [7, 11) is 0. The molecule has 0 spiro atoms. The third-order valence-corrected chi connectivity index (χ3v) is 3.91. The monoisotopic (exact) mass is 381 g/mol. The summed E-state index contributed by atoms with van der Waals surface area (Å²) >= 11 is 0. The average Bonchev–Trinajstić information content (AvgIpc) is 3.07. The Labute approximate surface area is 156 Å². The molecule has 0 unspecified atom stereocenters. The number of nitrogens with zero attached hydrogens (tertiary/aromatic N) is 1. The second-order valence-electron chi connectivity index (χ2n) is 6.59. The Hall–Kier alpha value is -2.95. The summed E-state index contributed by atoms with van der Waals surface area (Å²) in [4.78, 5) is 54.0. The van der Waals surface area contributed by atoms with Crippen LogP contribution in [0.3, 0.4) is 0 Å². The van der Waals surface area contributed by atoms with E-state index >= 15 is 0 Å². The number of primary amides is 2. The predicted molar refractivity (Wildman–Crippen MR) is 96.6 cm³/mol. The van der Waals surface area contributed by atoms with E-state index in [9.17, 15) is 19.2 Å². The Morgan fingerprint density at radius 3 is 2.30 bits per heavy atom. The van der Waals surface area contributed by atoms with Gasteiger partial charge in [0.05, 0.1) is 12.4 Å². The van der Waals surface area contributed by atoms with Crippen molar-refractivity contribution in [2.75, 3.05) is 0 Å². The number of nitrogens with one attached hydrogen (secondary N) is 3. The molecule has 0 radical (unpaired) electrons. The van der Waals surface area contributed by atoms with Crippen molar-refractivity contribution in [1.82, 2.24) is 20.6 Å². The van der Waals surface area contributed by atoms with Gasteiger partial charge in [-0.05, 0) is 12.3 Å². The lowest BCUT2D eigenvalue weighted by atomic mass is 10.0. The third-order valence-electron chi connectivity index (χ3n) is 3.91. The lowest BCUT2D eigenvalue weighted by molar-refractivity contribution is -0.132. The van der Waals surface area contributed by atoms with Crippen molar-refractivity contribution in [3.63, 3.8) is 0 Å². The van der Waals surface area contributed by atoms with Gasteiger partial charge in [-0.25, -0.2) is 4.98 Å². The standard InChI is InChI=1S/C16H27N7O4/c1-8(2)13(14(19)25)23-16(27)11(3-4-12(18)24)22-15(26)10(17)5-9-6-20-7-21-9/h6-8,10-11,13H,3-5,17H2,1-2H3,(H2,18,24)(H2,19,25)(H,20,21)(H,22,26)(H,23,27)/t10-,11-,13-/m0/s1. The van der Waals surface area contributed by atoms with E-state index < -0.39 is 41.8 Å². The lowest BCUT2D eigenvalue weighted by Crippen LogP contribution is -2.56. The molecule has 0 aliphatic carbocycles. The molecule has 11 nitrogen and oxygen atoms in total. The van der Waals surface area contributed by atoms with Crippen LogP contribution in [0.4, 0.5) is 0 Å². The zero-order chi connectivity index (χ0) is 20.6. The van der Waals surface area contributed by atoms with E-state index in [1.54, 1.807) is 13.8 Å². The second-order valence-corrected chi connectivity index (χ2v) is 6.59. The Morgan fingerprint density at radius 2 is 1.81 bits per heavy atom. The van der Waals surface area contributed by atoms with Crippen LogP contribution >= 0.6 is 0 Å². The van der Waals surface area contributed by atoms with Gasteiger partial charge in [0, 0.05) is 24.7 Å². The highest BCUT2D eigenvalue weighted by Crippen LogP contribution is 2.05.